The van der Waals surface area contributed by atoms with Crippen LogP contribution in [0, 0.1) is 0 Å². The fourth-order valence-corrected chi connectivity index (χ4v) is 4.73. The molecule has 0 aliphatic carbocycles. The van der Waals surface area contributed by atoms with E-state index in [1.54, 1.807) is 0 Å². The summed E-state index contributed by atoms with van der Waals surface area (Å²) in [6, 6.07) is 13.4. The van der Waals surface area contributed by atoms with E-state index in [0.717, 1.165) is 58.3 Å². The Morgan fingerprint density at radius 3 is 2.81 bits per heavy atom. The van der Waals surface area contributed by atoms with Crippen molar-refractivity contribution in [1.82, 2.24) is 10.2 Å². The number of morpholine rings is 1. The van der Waals surface area contributed by atoms with Crippen LogP contribution >= 0.6 is 11.3 Å². The van der Waals surface area contributed by atoms with Gasteiger partial charge in [-0.2, -0.15) is 0 Å². The zero-order valence-corrected chi connectivity index (χ0v) is 16.8. The van der Waals surface area contributed by atoms with Gasteiger partial charge in [0.15, 0.2) is 5.96 Å². The zero-order valence-electron chi connectivity index (χ0n) is 15.9. The minimum atomic E-state index is 0.320. The van der Waals surface area contributed by atoms with Crippen LogP contribution in [0.1, 0.15) is 23.4 Å². The van der Waals surface area contributed by atoms with Gasteiger partial charge in [-0.1, -0.05) is 24.3 Å². The summed E-state index contributed by atoms with van der Waals surface area (Å²) in [5.41, 5.74) is 2.70. The van der Waals surface area contributed by atoms with Crippen LogP contribution in [-0.2, 0) is 11.2 Å². The van der Waals surface area contributed by atoms with Gasteiger partial charge >= 0.3 is 0 Å². The number of rotatable bonds is 5. The highest BCUT2D eigenvalue weighted by Crippen LogP contribution is 2.29. The van der Waals surface area contributed by atoms with Crippen LogP contribution in [0.4, 0.5) is 5.69 Å². The molecule has 1 unspecified atom stereocenters. The van der Waals surface area contributed by atoms with E-state index in [-0.39, 0.29) is 0 Å². The quantitative estimate of drug-likeness (QED) is 0.635. The van der Waals surface area contributed by atoms with Gasteiger partial charge in [0.2, 0.25) is 0 Å². The molecule has 0 bridgehead atoms. The van der Waals surface area contributed by atoms with Gasteiger partial charge in [-0.3, -0.25) is 9.89 Å². The van der Waals surface area contributed by atoms with Gasteiger partial charge in [0.05, 0.1) is 25.8 Å². The molecule has 2 aliphatic heterocycles. The first kappa shape index (κ1) is 18.5. The molecule has 144 valence electrons. The number of nitrogens with one attached hydrogen (secondary N) is 1. The third-order valence-electron chi connectivity index (χ3n) is 5.25. The van der Waals surface area contributed by atoms with Gasteiger partial charge in [-0.25, -0.2) is 0 Å². The maximum atomic E-state index is 5.56. The van der Waals surface area contributed by atoms with Gasteiger partial charge in [0.1, 0.15) is 0 Å². The first-order valence-corrected chi connectivity index (χ1v) is 10.7. The number of hydrogen-bond donors (Lipinski definition) is 1. The summed E-state index contributed by atoms with van der Waals surface area (Å²) < 4.78 is 5.56. The largest absolute Gasteiger partial charge is 0.379 e. The van der Waals surface area contributed by atoms with Crippen molar-refractivity contribution in [1.29, 1.82) is 0 Å². The topological polar surface area (TPSA) is 40.1 Å². The van der Waals surface area contributed by atoms with Crippen molar-refractivity contribution in [3.8, 4) is 0 Å². The second-order valence-corrected chi connectivity index (χ2v) is 7.88. The predicted octanol–water partition coefficient (Wildman–Crippen LogP) is 3.15. The molecule has 2 aromatic rings. The standard InChI is InChI=1S/C21H28N4OS/c1-2-22-21(25-10-9-17-6-3-4-7-18(17)25)23-16-19(20-8-5-15-27-20)24-11-13-26-14-12-24/h3-8,15,19H,2,9-14,16H2,1H3,(H,22,23). The summed E-state index contributed by atoms with van der Waals surface area (Å²) in [5.74, 6) is 0.997. The van der Waals surface area contributed by atoms with Crippen LogP contribution in [0.2, 0.25) is 0 Å². The average molecular weight is 385 g/mol. The number of para-hydroxylation sites is 1. The monoisotopic (exact) mass is 384 g/mol. The van der Waals surface area contributed by atoms with Gasteiger partial charge < -0.3 is 15.0 Å². The van der Waals surface area contributed by atoms with E-state index in [1.165, 1.54) is 16.1 Å². The number of guanidine groups is 1. The van der Waals surface area contributed by atoms with E-state index in [0.29, 0.717) is 6.04 Å². The number of hydrogen-bond acceptors (Lipinski definition) is 4. The van der Waals surface area contributed by atoms with Crippen molar-refractivity contribution in [2.24, 2.45) is 4.99 Å². The van der Waals surface area contributed by atoms with E-state index in [1.807, 2.05) is 11.3 Å². The molecule has 1 saturated heterocycles. The molecule has 27 heavy (non-hydrogen) atoms. The second-order valence-electron chi connectivity index (χ2n) is 6.90. The van der Waals surface area contributed by atoms with E-state index in [2.05, 4.69) is 63.8 Å². The molecule has 1 aromatic heterocycles. The Kier molecular flexibility index (Phi) is 6.07. The van der Waals surface area contributed by atoms with E-state index in [4.69, 9.17) is 9.73 Å². The van der Waals surface area contributed by atoms with Crippen LogP contribution in [0.15, 0.2) is 46.8 Å². The van der Waals surface area contributed by atoms with Gasteiger partial charge in [0.25, 0.3) is 0 Å². The molecule has 0 amide bonds. The lowest BCUT2D eigenvalue weighted by Crippen LogP contribution is -2.43. The van der Waals surface area contributed by atoms with Crippen molar-refractivity contribution >= 4 is 23.0 Å². The minimum absolute atomic E-state index is 0.320. The van der Waals surface area contributed by atoms with Crippen molar-refractivity contribution in [3.05, 3.63) is 52.2 Å². The number of anilines is 1. The summed E-state index contributed by atoms with van der Waals surface area (Å²) in [6.07, 6.45) is 1.08. The van der Waals surface area contributed by atoms with Crippen molar-refractivity contribution in [2.75, 3.05) is 50.8 Å². The minimum Gasteiger partial charge on any atom is -0.379 e. The number of nitrogens with zero attached hydrogens (tertiary/aromatic N) is 3. The fraction of sp³-hybridized carbons (Fsp3) is 0.476. The second kappa shape index (κ2) is 8.87. The number of aliphatic imine (C=N–C) groups is 1. The van der Waals surface area contributed by atoms with Crippen molar-refractivity contribution < 1.29 is 4.74 Å². The first-order chi connectivity index (χ1) is 13.4. The summed E-state index contributed by atoms with van der Waals surface area (Å²) in [6.45, 7) is 8.33. The first-order valence-electron chi connectivity index (χ1n) is 9.85. The normalized spacial score (nSPS) is 19.1. The molecule has 0 spiro atoms. The summed E-state index contributed by atoms with van der Waals surface area (Å²) in [5, 5.41) is 5.67. The molecule has 0 radical (unpaired) electrons. The SMILES string of the molecule is CCNC(=NCC(c1cccs1)N1CCOCC1)N1CCc2ccccc21. The Morgan fingerprint density at radius 2 is 2.04 bits per heavy atom. The summed E-state index contributed by atoms with van der Waals surface area (Å²) >= 11 is 1.82. The number of fused-ring (bicyclic) bond motifs is 1. The molecule has 3 heterocycles. The number of thiophene rings is 1. The van der Waals surface area contributed by atoms with Gasteiger partial charge in [-0.05, 0) is 36.4 Å². The van der Waals surface area contributed by atoms with E-state index in [9.17, 15) is 0 Å². The molecule has 0 saturated carbocycles. The number of ether oxygens (including phenoxy) is 1. The lowest BCUT2D eigenvalue weighted by atomic mass is 10.2. The predicted molar refractivity (Wildman–Crippen MR) is 113 cm³/mol. The Labute approximate surface area is 165 Å². The molecule has 6 heteroatoms. The maximum absolute atomic E-state index is 5.56. The van der Waals surface area contributed by atoms with E-state index < -0.39 is 0 Å². The molecule has 5 nitrogen and oxygen atoms in total. The van der Waals surface area contributed by atoms with Crippen LogP contribution in [0.5, 0.6) is 0 Å². The highest BCUT2D eigenvalue weighted by molar-refractivity contribution is 7.10. The molecule has 1 atom stereocenters. The average Bonchev–Trinajstić information content (AvgIpc) is 3.38. The lowest BCUT2D eigenvalue weighted by Gasteiger charge is -2.33. The molecule has 1 aromatic carbocycles. The zero-order chi connectivity index (χ0) is 18.5. The van der Waals surface area contributed by atoms with E-state index >= 15 is 0 Å². The smallest absolute Gasteiger partial charge is 0.198 e. The van der Waals surface area contributed by atoms with Gasteiger partial charge in [0, 0.05) is 36.7 Å². The maximum Gasteiger partial charge on any atom is 0.198 e. The van der Waals surface area contributed by atoms with Crippen LogP contribution in [0.3, 0.4) is 0 Å². The van der Waals surface area contributed by atoms with Crippen LogP contribution in [0.25, 0.3) is 0 Å². The highest BCUT2D eigenvalue weighted by Gasteiger charge is 2.26. The molecular weight excluding hydrogens is 356 g/mol. The molecular formula is C21H28N4OS. The van der Waals surface area contributed by atoms with Crippen LogP contribution in [-0.4, -0.2) is 56.8 Å². The summed E-state index contributed by atoms with van der Waals surface area (Å²) in [7, 11) is 0. The molecule has 4 rings (SSSR count). The molecule has 1 N–H and O–H groups in total. The fourth-order valence-electron chi connectivity index (χ4n) is 3.88. The Balaban J connectivity index is 1.56. The molecule has 1 fully saturated rings. The third kappa shape index (κ3) is 4.18. The van der Waals surface area contributed by atoms with Gasteiger partial charge in [-0.15, -0.1) is 11.3 Å². The lowest BCUT2D eigenvalue weighted by molar-refractivity contribution is 0.0187. The Bertz CT molecular complexity index is 755. The summed E-state index contributed by atoms with van der Waals surface area (Å²) in [4.78, 5) is 11.3. The number of benzene rings is 1. The van der Waals surface area contributed by atoms with Crippen molar-refractivity contribution in [3.63, 3.8) is 0 Å². The Hall–Kier alpha value is -1.89. The third-order valence-corrected chi connectivity index (χ3v) is 6.22. The molecule has 2 aliphatic rings. The van der Waals surface area contributed by atoms with Crippen LogP contribution < -0.4 is 10.2 Å². The van der Waals surface area contributed by atoms with Crippen molar-refractivity contribution in [2.45, 2.75) is 19.4 Å². The Morgan fingerprint density at radius 1 is 1.19 bits per heavy atom. The highest BCUT2D eigenvalue weighted by atomic mass is 32.1.